The van der Waals surface area contributed by atoms with Crippen molar-refractivity contribution in [3.05, 3.63) is 34.9 Å². The van der Waals surface area contributed by atoms with Crippen molar-refractivity contribution in [2.24, 2.45) is 11.8 Å². The van der Waals surface area contributed by atoms with Crippen LogP contribution < -0.4 is 16.2 Å². The standard InChI is InChI=1S/C20H23N5O3/c21-11-15(10-14-4-7-23-18(14)26)24-19(27)16(9-12-1-2-12)25-8-5-13-3-6-22-17(13)20(25)28/h3,5-6,8,12,14-16,22H,1-2,4,7,9-10H2,(H,23,26)(H,24,27). The molecule has 0 bridgehead atoms. The molecule has 3 unspecified atom stereocenters. The number of rotatable bonds is 7. The second-order valence-electron chi connectivity index (χ2n) is 7.73. The summed E-state index contributed by atoms with van der Waals surface area (Å²) in [6.07, 6.45) is 6.97. The molecule has 2 aromatic heterocycles. The van der Waals surface area contributed by atoms with Crippen LogP contribution in [0.1, 0.15) is 38.1 Å². The van der Waals surface area contributed by atoms with Crippen molar-refractivity contribution in [1.82, 2.24) is 20.2 Å². The number of pyridine rings is 1. The molecule has 8 nitrogen and oxygen atoms in total. The summed E-state index contributed by atoms with van der Waals surface area (Å²) >= 11 is 0. The van der Waals surface area contributed by atoms with Crippen LogP contribution in [-0.4, -0.2) is 34.0 Å². The monoisotopic (exact) mass is 381 g/mol. The van der Waals surface area contributed by atoms with Gasteiger partial charge in [0, 0.05) is 30.2 Å². The van der Waals surface area contributed by atoms with E-state index in [1.165, 1.54) is 4.57 Å². The smallest absolute Gasteiger partial charge is 0.275 e. The van der Waals surface area contributed by atoms with Crippen molar-refractivity contribution in [3.8, 4) is 6.07 Å². The number of aromatic nitrogens is 2. The Morgan fingerprint density at radius 3 is 2.79 bits per heavy atom. The van der Waals surface area contributed by atoms with E-state index >= 15 is 0 Å². The zero-order valence-electron chi connectivity index (χ0n) is 15.5. The maximum atomic E-state index is 13.0. The second-order valence-corrected chi connectivity index (χ2v) is 7.73. The van der Waals surface area contributed by atoms with Gasteiger partial charge in [0.1, 0.15) is 17.6 Å². The highest BCUT2D eigenvalue weighted by atomic mass is 16.2. The van der Waals surface area contributed by atoms with Gasteiger partial charge in [-0.25, -0.2) is 0 Å². The van der Waals surface area contributed by atoms with E-state index in [2.05, 4.69) is 21.7 Å². The van der Waals surface area contributed by atoms with E-state index in [0.29, 0.717) is 30.8 Å². The van der Waals surface area contributed by atoms with E-state index in [1.54, 1.807) is 12.4 Å². The van der Waals surface area contributed by atoms with Gasteiger partial charge < -0.3 is 20.2 Å². The molecule has 3 N–H and O–H groups in total. The molecule has 1 saturated carbocycles. The lowest BCUT2D eigenvalue weighted by molar-refractivity contribution is -0.126. The molecule has 4 rings (SSSR count). The maximum absolute atomic E-state index is 13.0. The summed E-state index contributed by atoms with van der Waals surface area (Å²) in [4.78, 5) is 40.6. The molecule has 0 aromatic carbocycles. The Bertz CT molecular complexity index is 997. The van der Waals surface area contributed by atoms with Crippen molar-refractivity contribution in [3.63, 3.8) is 0 Å². The lowest BCUT2D eigenvalue weighted by Gasteiger charge is -2.22. The van der Waals surface area contributed by atoms with E-state index in [4.69, 9.17) is 0 Å². The van der Waals surface area contributed by atoms with Crippen molar-refractivity contribution in [1.29, 1.82) is 5.26 Å². The SMILES string of the molecule is N#CC(CC1CCNC1=O)NC(=O)C(CC1CC1)n1ccc2cc[nH]c2c1=O. The minimum atomic E-state index is -0.757. The van der Waals surface area contributed by atoms with Gasteiger partial charge in [0.15, 0.2) is 0 Å². The van der Waals surface area contributed by atoms with E-state index < -0.39 is 12.1 Å². The zero-order valence-corrected chi connectivity index (χ0v) is 15.5. The van der Waals surface area contributed by atoms with Crippen LogP contribution in [-0.2, 0) is 9.59 Å². The van der Waals surface area contributed by atoms with Crippen LogP contribution in [0.25, 0.3) is 10.9 Å². The van der Waals surface area contributed by atoms with Crippen molar-refractivity contribution < 1.29 is 9.59 Å². The Kier molecular flexibility index (Phi) is 4.90. The molecule has 1 saturated heterocycles. The van der Waals surface area contributed by atoms with Gasteiger partial charge in [-0.2, -0.15) is 5.26 Å². The molecule has 2 fully saturated rings. The van der Waals surface area contributed by atoms with Gasteiger partial charge in [-0.15, -0.1) is 0 Å². The van der Waals surface area contributed by atoms with Gasteiger partial charge in [0.05, 0.1) is 6.07 Å². The molecule has 146 valence electrons. The summed E-state index contributed by atoms with van der Waals surface area (Å²) in [7, 11) is 0. The second kappa shape index (κ2) is 7.50. The molecule has 2 amide bonds. The maximum Gasteiger partial charge on any atom is 0.275 e. The van der Waals surface area contributed by atoms with Crippen LogP contribution in [0, 0.1) is 23.2 Å². The molecule has 3 heterocycles. The van der Waals surface area contributed by atoms with E-state index in [-0.39, 0.29) is 29.7 Å². The van der Waals surface area contributed by atoms with Crippen LogP contribution >= 0.6 is 0 Å². The lowest BCUT2D eigenvalue weighted by Crippen LogP contribution is -2.43. The van der Waals surface area contributed by atoms with Crippen LogP contribution in [0.2, 0.25) is 0 Å². The largest absolute Gasteiger partial charge is 0.357 e. The highest BCUT2D eigenvalue weighted by Gasteiger charge is 2.33. The number of hydrogen-bond acceptors (Lipinski definition) is 4. The van der Waals surface area contributed by atoms with Gasteiger partial charge in [-0.05, 0) is 37.3 Å². The molecule has 2 aliphatic rings. The zero-order chi connectivity index (χ0) is 19.7. The summed E-state index contributed by atoms with van der Waals surface area (Å²) in [6.45, 7) is 0.603. The van der Waals surface area contributed by atoms with Gasteiger partial charge >= 0.3 is 0 Å². The predicted octanol–water partition coefficient (Wildman–Crippen LogP) is 1.21. The van der Waals surface area contributed by atoms with Gasteiger partial charge in [-0.1, -0.05) is 12.8 Å². The third kappa shape index (κ3) is 3.65. The average molecular weight is 381 g/mol. The summed E-state index contributed by atoms with van der Waals surface area (Å²) in [5, 5.41) is 15.8. The number of nitrogens with one attached hydrogen (secondary N) is 3. The molecule has 2 aromatic rings. The molecule has 8 heteroatoms. The van der Waals surface area contributed by atoms with E-state index in [0.717, 1.165) is 18.2 Å². The predicted molar refractivity (Wildman–Crippen MR) is 102 cm³/mol. The van der Waals surface area contributed by atoms with Crippen molar-refractivity contribution in [2.45, 2.75) is 44.2 Å². The average Bonchev–Trinajstić information content (AvgIpc) is 3.21. The molecule has 0 radical (unpaired) electrons. The van der Waals surface area contributed by atoms with Gasteiger partial charge in [0.25, 0.3) is 5.56 Å². The Hall–Kier alpha value is -3.08. The lowest BCUT2D eigenvalue weighted by atomic mass is 9.98. The first-order valence-electron chi connectivity index (χ1n) is 9.72. The first-order chi connectivity index (χ1) is 13.6. The number of H-pyrrole nitrogens is 1. The number of nitrogens with zero attached hydrogens (tertiary/aromatic N) is 2. The van der Waals surface area contributed by atoms with Crippen LogP contribution in [0.3, 0.4) is 0 Å². The molecule has 0 spiro atoms. The van der Waals surface area contributed by atoms with E-state index in [1.807, 2.05) is 12.1 Å². The number of hydrogen-bond donors (Lipinski definition) is 3. The number of amides is 2. The highest BCUT2D eigenvalue weighted by molar-refractivity contribution is 5.83. The molecular weight excluding hydrogens is 358 g/mol. The number of carbonyl (C=O) groups excluding carboxylic acids is 2. The summed E-state index contributed by atoms with van der Waals surface area (Å²) in [6, 6.07) is 4.29. The highest BCUT2D eigenvalue weighted by Crippen LogP contribution is 2.36. The fourth-order valence-corrected chi connectivity index (χ4v) is 3.89. The summed E-state index contributed by atoms with van der Waals surface area (Å²) < 4.78 is 1.46. The molecule has 3 atom stereocenters. The Balaban J connectivity index is 1.55. The summed E-state index contributed by atoms with van der Waals surface area (Å²) in [5.74, 6) is -0.254. The fourth-order valence-electron chi connectivity index (χ4n) is 3.89. The van der Waals surface area contributed by atoms with Gasteiger partial charge in [-0.3, -0.25) is 14.4 Å². The number of fused-ring (bicyclic) bond motifs is 1. The molecule has 1 aliphatic heterocycles. The quantitative estimate of drug-likeness (QED) is 0.667. The Morgan fingerprint density at radius 2 is 2.11 bits per heavy atom. The first kappa shape index (κ1) is 18.3. The number of carbonyl (C=O) groups is 2. The number of nitriles is 1. The minimum absolute atomic E-state index is 0.0718. The van der Waals surface area contributed by atoms with Crippen LogP contribution in [0.15, 0.2) is 29.3 Å². The van der Waals surface area contributed by atoms with Crippen LogP contribution in [0.4, 0.5) is 0 Å². The van der Waals surface area contributed by atoms with E-state index in [9.17, 15) is 19.6 Å². The number of aromatic amines is 1. The fraction of sp³-hybridized carbons (Fsp3) is 0.500. The molecule has 1 aliphatic carbocycles. The topological polar surface area (TPSA) is 120 Å². The summed E-state index contributed by atoms with van der Waals surface area (Å²) in [5.41, 5.74) is 0.225. The van der Waals surface area contributed by atoms with Crippen LogP contribution in [0.5, 0.6) is 0 Å². The van der Waals surface area contributed by atoms with Crippen molar-refractivity contribution >= 4 is 22.7 Å². The molecule has 28 heavy (non-hydrogen) atoms. The Morgan fingerprint density at radius 1 is 1.29 bits per heavy atom. The third-order valence-corrected chi connectivity index (χ3v) is 5.69. The third-order valence-electron chi connectivity index (χ3n) is 5.69. The van der Waals surface area contributed by atoms with Gasteiger partial charge in [0.2, 0.25) is 11.8 Å². The van der Waals surface area contributed by atoms with Crippen molar-refractivity contribution in [2.75, 3.05) is 6.54 Å². The minimum Gasteiger partial charge on any atom is -0.357 e. The first-order valence-corrected chi connectivity index (χ1v) is 9.72. The Labute approximate surface area is 161 Å². The normalized spacial score (nSPS) is 21.1. The molecular formula is C20H23N5O3.